The van der Waals surface area contributed by atoms with Gasteiger partial charge in [-0.2, -0.15) is 26.3 Å². The molecule has 1 aromatic rings. The van der Waals surface area contributed by atoms with Gasteiger partial charge in [-0.25, -0.2) is 4.39 Å². The number of hydrogen-bond acceptors (Lipinski definition) is 2. The van der Waals surface area contributed by atoms with Crippen LogP contribution in [0.1, 0.15) is 28.8 Å². The van der Waals surface area contributed by atoms with Crippen molar-refractivity contribution in [2.45, 2.75) is 37.3 Å². The molecule has 0 saturated carbocycles. The van der Waals surface area contributed by atoms with Gasteiger partial charge >= 0.3 is 12.4 Å². The highest BCUT2D eigenvalue weighted by Gasteiger charge is 2.48. The van der Waals surface area contributed by atoms with Gasteiger partial charge in [0.25, 0.3) is 5.91 Å². The Morgan fingerprint density at radius 1 is 1.12 bits per heavy atom. The van der Waals surface area contributed by atoms with Crippen LogP contribution in [0.25, 0.3) is 0 Å². The van der Waals surface area contributed by atoms with Gasteiger partial charge in [-0.15, -0.1) is 0 Å². The average molecular weight is 358 g/mol. The number of hydrogen-bond donors (Lipinski definition) is 1. The Balaban J connectivity index is 2.43. The second-order valence-corrected chi connectivity index (χ2v) is 5.52. The lowest BCUT2D eigenvalue weighted by molar-refractivity contribution is -0.184. The summed E-state index contributed by atoms with van der Waals surface area (Å²) in [5.41, 5.74) is 2.78. The van der Waals surface area contributed by atoms with Crippen molar-refractivity contribution >= 4 is 5.91 Å². The van der Waals surface area contributed by atoms with Crippen molar-refractivity contribution in [1.82, 2.24) is 4.90 Å². The van der Waals surface area contributed by atoms with Crippen molar-refractivity contribution in [3.63, 3.8) is 0 Å². The topological polar surface area (TPSA) is 46.3 Å². The number of piperidine rings is 1. The second kappa shape index (κ2) is 6.23. The average Bonchev–Trinajstić information content (AvgIpc) is 2.44. The first-order valence-corrected chi connectivity index (χ1v) is 6.92. The normalized spacial score (nSPS) is 22.6. The third-order valence-corrected chi connectivity index (χ3v) is 3.79. The molecular formula is C14H13F7N2O. The zero-order chi connectivity index (χ0) is 18.3. The van der Waals surface area contributed by atoms with Gasteiger partial charge in [-0.3, -0.25) is 4.79 Å². The van der Waals surface area contributed by atoms with Gasteiger partial charge < -0.3 is 10.6 Å². The highest BCUT2D eigenvalue weighted by molar-refractivity contribution is 5.95. The largest absolute Gasteiger partial charge is 0.419 e. The van der Waals surface area contributed by atoms with Gasteiger partial charge in [0.1, 0.15) is 11.9 Å². The maximum Gasteiger partial charge on any atom is 0.419 e. The Hall–Kier alpha value is -1.84. The summed E-state index contributed by atoms with van der Waals surface area (Å²) in [6, 6.07) is -1.07. The molecule has 0 aromatic heterocycles. The van der Waals surface area contributed by atoms with Crippen molar-refractivity contribution in [3.05, 3.63) is 35.1 Å². The summed E-state index contributed by atoms with van der Waals surface area (Å²) < 4.78 is 91.3. The molecule has 1 fully saturated rings. The number of amides is 1. The molecule has 24 heavy (non-hydrogen) atoms. The van der Waals surface area contributed by atoms with Crippen LogP contribution in [0.5, 0.6) is 0 Å². The van der Waals surface area contributed by atoms with Crippen molar-refractivity contribution in [2.24, 2.45) is 5.73 Å². The summed E-state index contributed by atoms with van der Waals surface area (Å²) in [5.74, 6) is -3.36. The van der Waals surface area contributed by atoms with E-state index in [1.54, 1.807) is 0 Å². The fourth-order valence-corrected chi connectivity index (χ4v) is 2.63. The standard InChI is InChI=1S/C14H13F7N2O/c15-11-8(2-1-3-9(11)13(16,17)18)12(24)23-6-7(22)4-5-10(23)14(19,20)21/h1-3,7,10H,4-6,22H2. The van der Waals surface area contributed by atoms with Gasteiger partial charge in [0, 0.05) is 12.6 Å². The zero-order valence-electron chi connectivity index (χ0n) is 12.1. The molecule has 0 radical (unpaired) electrons. The molecule has 1 aromatic carbocycles. The molecule has 3 nitrogen and oxygen atoms in total. The Labute approximate surface area is 132 Å². The molecular weight excluding hydrogens is 345 g/mol. The minimum absolute atomic E-state index is 0.000963. The molecule has 2 atom stereocenters. The summed E-state index contributed by atoms with van der Waals surface area (Å²) in [6.45, 7) is -0.515. The Bertz CT molecular complexity index is 627. The van der Waals surface area contributed by atoms with Gasteiger partial charge in [-0.1, -0.05) is 6.07 Å². The van der Waals surface area contributed by atoms with Gasteiger partial charge in [-0.05, 0) is 25.0 Å². The van der Waals surface area contributed by atoms with Gasteiger partial charge in [0.05, 0.1) is 11.1 Å². The van der Waals surface area contributed by atoms with Crippen LogP contribution < -0.4 is 5.73 Å². The van der Waals surface area contributed by atoms with E-state index < -0.39 is 60.3 Å². The van der Waals surface area contributed by atoms with Crippen LogP contribution >= 0.6 is 0 Å². The second-order valence-electron chi connectivity index (χ2n) is 5.52. The van der Waals surface area contributed by atoms with Crippen LogP contribution in [0.4, 0.5) is 30.7 Å². The Morgan fingerprint density at radius 3 is 2.29 bits per heavy atom. The van der Waals surface area contributed by atoms with Crippen LogP contribution in [-0.2, 0) is 6.18 Å². The summed E-state index contributed by atoms with van der Waals surface area (Å²) in [7, 11) is 0. The molecule has 0 spiro atoms. The molecule has 1 amide bonds. The van der Waals surface area contributed by atoms with E-state index in [0.717, 1.165) is 12.1 Å². The first-order valence-electron chi connectivity index (χ1n) is 6.92. The molecule has 134 valence electrons. The van der Waals surface area contributed by atoms with Crippen LogP contribution in [0.3, 0.4) is 0 Å². The number of alkyl halides is 6. The van der Waals surface area contributed by atoms with Crippen LogP contribution in [-0.4, -0.2) is 35.6 Å². The quantitative estimate of drug-likeness (QED) is 0.783. The van der Waals surface area contributed by atoms with Gasteiger partial charge in [0.2, 0.25) is 0 Å². The predicted molar refractivity (Wildman–Crippen MR) is 69.5 cm³/mol. The molecule has 10 heteroatoms. The molecule has 1 aliphatic rings. The molecule has 2 rings (SSSR count). The molecule has 0 bridgehead atoms. The summed E-state index contributed by atoms with van der Waals surface area (Å²) >= 11 is 0. The Kier molecular flexibility index (Phi) is 4.80. The smallest absolute Gasteiger partial charge is 0.326 e. The van der Waals surface area contributed by atoms with E-state index in [1.165, 1.54) is 0 Å². The van der Waals surface area contributed by atoms with E-state index in [4.69, 9.17) is 5.73 Å². The lowest BCUT2D eigenvalue weighted by atomic mass is 9.96. The maximum absolute atomic E-state index is 14.0. The lowest BCUT2D eigenvalue weighted by Crippen LogP contribution is -2.56. The highest BCUT2D eigenvalue weighted by atomic mass is 19.4. The SMILES string of the molecule is NC1CCC(C(F)(F)F)N(C(=O)c2cccc(C(F)(F)F)c2F)C1. The van der Waals surface area contributed by atoms with Crippen molar-refractivity contribution in [2.75, 3.05) is 6.54 Å². The monoisotopic (exact) mass is 358 g/mol. The number of nitrogens with zero attached hydrogens (tertiary/aromatic N) is 1. The minimum Gasteiger partial charge on any atom is -0.326 e. The minimum atomic E-state index is -5.07. The van der Waals surface area contributed by atoms with Crippen molar-refractivity contribution in [3.8, 4) is 0 Å². The predicted octanol–water partition coefficient (Wildman–Crippen LogP) is 3.34. The molecule has 1 aliphatic heterocycles. The number of halogens is 7. The summed E-state index contributed by atoms with van der Waals surface area (Å²) in [6.07, 6.45) is -10.3. The van der Waals surface area contributed by atoms with E-state index in [1.807, 2.05) is 0 Å². The molecule has 1 heterocycles. The molecule has 1 saturated heterocycles. The summed E-state index contributed by atoms with van der Waals surface area (Å²) in [4.78, 5) is 12.6. The van der Waals surface area contributed by atoms with Crippen molar-refractivity contribution < 1.29 is 35.5 Å². The summed E-state index contributed by atoms with van der Waals surface area (Å²) in [5, 5.41) is 0. The third-order valence-electron chi connectivity index (χ3n) is 3.79. The third kappa shape index (κ3) is 3.63. The molecule has 2 N–H and O–H groups in total. The van der Waals surface area contributed by atoms with E-state index in [9.17, 15) is 35.5 Å². The highest BCUT2D eigenvalue weighted by Crippen LogP contribution is 2.35. The maximum atomic E-state index is 14.0. The number of nitrogens with two attached hydrogens (primary N) is 1. The number of carbonyl (C=O) groups is 1. The lowest BCUT2D eigenvalue weighted by Gasteiger charge is -2.39. The number of likely N-dealkylation sites (tertiary alicyclic amines) is 1. The molecule has 2 unspecified atom stereocenters. The first kappa shape index (κ1) is 18.5. The number of rotatable bonds is 1. The fourth-order valence-electron chi connectivity index (χ4n) is 2.63. The zero-order valence-corrected chi connectivity index (χ0v) is 12.1. The van der Waals surface area contributed by atoms with Crippen LogP contribution in [0, 0.1) is 5.82 Å². The fraction of sp³-hybridized carbons (Fsp3) is 0.500. The first-order chi connectivity index (χ1) is 10.9. The Morgan fingerprint density at radius 2 is 1.75 bits per heavy atom. The van der Waals surface area contributed by atoms with Crippen molar-refractivity contribution in [1.29, 1.82) is 0 Å². The van der Waals surface area contributed by atoms with E-state index in [-0.39, 0.29) is 6.42 Å². The number of carbonyl (C=O) groups excluding carboxylic acids is 1. The molecule has 0 aliphatic carbocycles. The van der Waals surface area contributed by atoms with E-state index >= 15 is 0 Å². The van der Waals surface area contributed by atoms with E-state index in [2.05, 4.69) is 0 Å². The van der Waals surface area contributed by atoms with E-state index in [0.29, 0.717) is 11.0 Å². The van der Waals surface area contributed by atoms with Gasteiger partial charge in [0.15, 0.2) is 0 Å². The number of benzene rings is 1. The van der Waals surface area contributed by atoms with Crippen LogP contribution in [0.2, 0.25) is 0 Å². The van der Waals surface area contributed by atoms with Crippen LogP contribution in [0.15, 0.2) is 18.2 Å².